The number of rotatable bonds is 2. The third kappa shape index (κ3) is 9.06. The molecule has 14 heavy (non-hydrogen) atoms. The average Bonchev–Trinajstić information content (AvgIpc) is 1.83. The smallest absolute Gasteiger partial charge is 0.425 e. The second-order valence-corrected chi connectivity index (χ2v) is 5.03. The van der Waals surface area contributed by atoms with Gasteiger partial charge < -0.3 is 20.3 Å². The molecule has 0 radical (unpaired) electrons. The van der Waals surface area contributed by atoms with Crippen LogP contribution in [0.25, 0.3) is 0 Å². The molecule has 0 aliphatic carbocycles. The van der Waals surface area contributed by atoms with Gasteiger partial charge in [0.05, 0.1) is 11.2 Å². The van der Waals surface area contributed by atoms with Gasteiger partial charge in [0.15, 0.2) is 0 Å². The lowest BCUT2D eigenvalue weighted by Gasteiger charge is -2.31. The van der Waals surface area contributed by atoms with E-state index in [2.05, 4.69) is 0 Å². The van der Waals surface area contributed by atoms with Gasteiger partial charge in [0, 0.05) is 0 Å². The van der Waals surface area contributed by atoms with Gasteiger partial charge in [-0.1, -0.05) is 0 Å². The van der Waals surface area contributed by atoms with Gasteiger partial charge in [0.2, 0.25) is 0 Å². The van der Waals surface area contributed by atoms with Crippen LogP contribution in [0.2, 0.25) is 0 Å². The molecule has 0 aromatic heterocycles. The maximum absolute atomic E-state index is 9.10. The lowest BCUT2D eigenvalue weighted by molar-refractivity contribution is -0.107. The molecule has 0 amide bonds. The topological polar surface area (TPSA) is 80.9 Å². The third-order valence-corrected chi connectivity index (χ3v) is 2.17. The van der Waals surface area contributed by atoms with Crippen molar-refractivity contribution < 1.29 is 20.3 Å². The van der Waals surface area contributed by atoms with Crippen molar-refractivity contribution in [3.63, 3.8) is 0 Å². The SMILES string of the molecule is CC(C)(O)C(C)(C)O.OB(O)C(Cl)Cl. The van der Waals surface area contributed by atoms with E-state index in [1.54, 1.807) is 27.7 Å². The first-order chi connectivity index (χ1) is 5.89. The first kappa shape index (κ1) is 16.9. The van der Waals surface area contributed by atoms with E-state index in [1.165, 1.54) is 0 Å². The second-order valence-electron chi connectivity index (χ2n) is 3.87. The van der Waals surface area contributed by atoms with Crippen LogP contribution >= 0.6 is 23.2 Å². The van der Waals surface area contributed by atoms with Crippen LogP contribution in [0.15, 0.2) is 0 Å². The monoisotopic (exact) mass is 246 g/mol. The molecular formula is C7H17BCl2O4. The Kier molecular flexibility index (Phi) is 7.43. The van der Waals surface area contributed by atoms with Crippen molar-refractivity contribution in [2.24, 2.45) is 0 Å². The van der Waals surface area contributed by atoms with Gasteiger partial charge in [-0.2, -0.15) is 0 Å². The first-order valence-electron chi connectivity index (χ1n) is 3.98. The van der Waals surface area contributed by atoms with E-state index >= 15 is 0 Å². The van der Waals surface area contributed by atoms with Crippen molar-refractivity contribution in [3.8, 4) is 0 Å². The summed E-state index contributed by atoms with van der Waals surface area (Å²) in [6.07, 6.45) is 0. The van der Waals surface area contributed by atoms with Crippen LogP contribution in [-0.4, -0.2) is 43.3 Å². The van der Waals surface area contributed by atoms with Crippen LogP contribution in [-0.2, 0) is 0 Å². The molecule has 4 N–H and O–H groups in total. The van der Waals surface area contributed by atoms with Gasteiger partial charge in [0.25, 0.3) is 0 Å². The fourth-order valence-electron chi connectivity index (χ4n) is 0. The Morgan fingerprint density at radius 2 is 1.07 bits per heavy atom. The van der Waals surface area contributed by atoms with Crippen LogP contribution in [0.5, 0.6) is 0 Å². The van der Waals surface area contributed by atoms with E-state index in [-0.39, 0.29) is 0 Å². The highest BCUT2D eigenvalue weighted by molar-refractivity contribution is 6.71. The highest BCUT2D eigenvalue weighted by Crippen LogP contribution is 2.19. The molecule has 0 heterocycles. The van der Waals surface area contributed by atoms with Gasteiger partial charge in [-0.3, -0.25) is 0 Å². The van der Waals surface area contributed by atoms with E-state index in [0.717, 1.165) is 0 Å². The lowest BCUT2D eigenvalue weighted by atomic mass is 9.90. The summed E-state index contributed by atoms with van der Waals surface area (Å²) in [6, 6.07) is 0. The van der Waals surface area contributed by atoms with Crippen molar-refractivity contribution in [2.45, 2.75) is 43.6 Å². The number of aliphatic hydroxyl groups is 2. The second kappa shape index (κ2) is 6.15. The molecule has 7 heteroatoms. The van der Waals surface area contributed by atoms with Crippen LogP contribution in [0, 0.1) is 0 Å². The maximum atomic E-state index is 9.10. The molecule has 0 aliphatic rings. The number of alkyl halides is 2. The predicted octanol–water partition coefficient (Wildman–Crippen LogP) is 0.330. The molecule has 0 aromatic rings. The number of hydrogen-bond acceptors (Lipinski definition) is 4. The quantitative estimate of drug-likeness (QED) is 0.418. The zero-order valence-electron chi connectivity index (χ0n) is 8.70. The van der Waals surface area contributed by atoms with E-state index in [9.17, 15) is 0 Å². The fraction of sp³-hybridized carbons (Fsp3) is 1.00. The Balaban J connectivity index is 0. The molecule has 0 bridgehead atoms. The summed E-state index contributed by atoms with van der Waals surface area (Å²) in [5, 5.41) is 34.1. The van der Waals surface area contributed by atoms with Crippen molar-refractivity contribution >= 4 is 30.3 Å². The molecule has 0 fully saturated rings. The largest absolute Gasteiger partial charge is 0.486 e. The van der Waals surface area contributed by atoms with E-state index in [0.29, 0.717) is 0 Å². The van der Waals surface area contributed by atoms with E-state index < -0.39 is 23.1 Å². The molecule has 0 unspecified atom stereocenters. The zero-order valence-corrected chi connectivity index (χ0v) is 10.2. The summed E-state index contributed by atoms with van der Waals surface area (Å²) < 4.78 is -1.09. The minimum Gasteiger partial charge on any atom is -0.425 e. The summed E-state index contributed by atoms with van der Waals surface area (Å²) in [6.45, 7) is 6.31. The summed E-state index contributed by atoms with van der Waals surface area (Å²) in [4.78, 5) is 0. The first-order valence-corrected chi connectivity index (χ1v) is 4.86. The third-order valence-electron chi connectivity index (χ3n) is 1.72. The standard InChI is InChI=1S/C6H14O2.CH3BCl2O2/c1-5(2,7)6(3,4)8;3-1(4)2(5)6/h7-8H,1-4H3;1,5-6H. The molecule has 0 saturated heterocycles. The van der Waals surface area contributed by atoms with Gasteiger partial charge in [-0.05, 0) is 27.7 Å². The molecular weight excluding hydrogens is 230 g/mol. The normalized spacial score (nSPS) is 12.2. The average molecular weight is 247 g/mol. The van der Waals surface area contributed by atoms with Crippen LogP contribution in [0.4, 0.5) is 0 Å². The molecule has 86 valence electrons. The Bertz CT molecular complexity index is 133. The summed E-state index contributed by atoms with van der Waals surface area (Å²) in [7, 11) is -1.62. The molecule has 0 aliphatic heterocycles. The van der Waals surface area contributed by atoms with Crippen LogP contribution in [0.1, 0.15) is 27.7 Å². The van der Waals surface area contributed by atoms with Crippen LogP contribution < -0.4 is 0 Å². The number of halogens is 2. The molecule has 4 nitrogen and oxygen atoms in total. The molecule has 0 saturated carbocycles. The summed E-state index contributed by atoms with van der Waals surface area (Å²) in [5.41, 5.74) is -2.01. The Morgan fingerprint density at radius 1 is 0.929 bits per heavy atom. The predicted molar refractivity (Wildman–Crippen MR) is 58.3 cm³/mol. The van der Waals surface area contributed by atoms with Gasteiger partial charge in [0.1, 0.15) is 4.74 Å². The lowest BCUT2D eigenvalue weighted by Crippen LogP contribution is -2.44. The van der Waals surface area contributed by atoms with Crippen molar-refractivity contribution in [2.75, 3.05) is 0 Å². The minimum absolute atomic E-state index is 1.01. The Morgan fingerprint density at radius 3 is 1.07 bits per heavy atom. The summed E-state index contributed by atoms with van der Waals surface area (Å²) >= 11 is 9.76. The molecule has 0 rings (SSSR count). The van der Waals surface area contributed by atoms with Crippen molar-refractivity contribution in [1.82, 2.24) is 0 Å². The number of hydrogen-bond donors (Lipinski definition) is 4. The van der Waals surface area contributed by atoms with Gasteiger partial charge in [-0.15, -0.1) is 23.2 Å². The summed E-state index contributed by atoms with van der Waals surface area (Å²) in [5.74, 6) is 0. The van der Waals surface area contributed by atoms with E-state index in [1.807, 2.05) is 0 Å². The molecule has 0 spiro atoms. The molecule has 0 atom stereocenters. The van der Waals surface area contributed by atoms with Crippen molar-refractivity contribution in [1.29, 1.82) is 0 Å². The fourth-order valence-corrected chi connectivity index (χ4v) is 0. The Labute approximate surface area is 94.6 Å². The molecule has 0 aromatic carbocycles. The van der Waals surface area contributed by atoms with Gasteiger partial charge in [-0.25, -0.2) is 0 Å². The van der Waals surface area contributed by atoms with Crippen LogP contribution in [0.3, 0.4) is 0 Å². The maximum Gasteiger partial charge on any atom is 0.486 e. The van der Waals surface area contributed by atoms with Gasteiger partial charge >= 0.3 is 7.12 Å². The minimum atomic E-state index is -1.62. The van der Waals surface area contributed by atoms with E-state index in [4.69, 9.17) is 43.5 Å². The Hall–Kier alpha value is 0.485. The zero-order chi connectivity index (χ0) is 12.2. The highest BCUT2D eigenvalue weighted by atomic mass is 35.5. The highest BCUT2D eigenvalue weighted by Gasteiger charge is 2.31. The van der Waals surface area contributed by atoms with Crippen molar-refractivity contribution in [3.05, 3.63) is 0 Å².